The van der Waals surface area contributed by atoms with Crippen molar-refractivity contribution in [2.24, 2.45) is 11.8 Å². The Bertz CT molecular complexity index is 2540. The van der Waals surface area contributed by atoms with Gasteiger partial charge in [-0.2, -0.15) is 8.42 Å². The summed E-state index contributed by atoms with van der Waals surface area (Å²) in [6, 6.07) is 0. The van der Waals surface area contributed by atoms with E-state index in [0.29, 0.717) is 37.7 Å². The molecule has 2 rings (SSSR count). The van der Waals surface area contributed by atoms with Gasteiger partial charge in [-0.25, -0.2) is 4.18 Å². The van der Waals surface area contributed by atoms with Crippen LogP contribution in [0.1, 0.15) is 175 Å². The Morgan fingerprint density at radius 2 is 1.08 bits per heavy atom. The first-order valence-electron chi connectivity index (χ1n) is 34.9. The summed E-state index contributed by atoms with van der Waals surface area (Å²) >= 11 is 0. The quantitative estimate of drug-likeness (QED) is 0.0105. The van der Waals surface area contributed by atoms with Crippen LogP contribution >= 0.6 is 0 Å². The number of hydrogen-bond acceptors (Lipinski definition) is 26. The molecule has 574 valence electrons. The molecule has 0 bridgehead atoms. The first-order valence-corrected chi connectivity index (χ1v) is 36.3. The predicted octanol–water partition coefficient (Wildman–Crippen LogP) is -1.76. The van der Waals surface area contributed by atoms with Gasteiger partial charge in [-0.05, 0) is 133 Å². The predicted molar refractivity (Wildman–Crippen MR) is 368 cm³/mol. The van der Waals surface area contributed by atoms with Crippen LogP contribution in [0.15, 0.2) is 97.2 Å². The van der Waals surface area contributed by atoms with Crippen molar-refractivity contribution >= 4 is 16.2 Å². The minimum absolute atomic E-state index is 0. The number of hydrogen-bond donors (Lipinski definition) is 21. The number of carbonyl (C=O) groups excluding carboxylic acids is 1. The summed E-state index contributed by atoms with van der Waals surface area (Å²) in [4.78, 5) is 12.6. The summed E-state index contributed by atoms with van der Waals surface area (Å²) in [5.74, 6) is -1.41. The Hall–Kier alpha value is -2.42. The normalized spacial score (nSPS) is 26.1. The fraction of sp³-hybridized carbons (Fsp3) is 0.761. The Kier molecular flexibility index (Phi) is 49.5. The van der Waals surface area contributed by atoms with Crippen molar-refractivity contribution < 1.29 is 163 Å². The molecular formula is C71H122NaO27S+. The van der Waals surface area contributed by atoms with Gasteiger partial charge >= 0.3 is 40.0 Å². The minimum atomic E-state index is -4.75. The largest absolute Gasteiger partial charge is 1.00 e. The van der Waals surface area contributed by atoms with E-state index in [4.69, 9.17) is 23.3 Å². The van der Waals surface area contributed by atoms with Crippen LogP contribution in [0.25, 0.3) is 0 Å². The molecule has 0 aromatic rings. The second-order valence-corrected chi connectivity index (χ2v) is 28.3. The third kappa shape index (κ3) is 38.7. The molecule has 0 aliphatic carbocycles. The Labute approximate surface area is 612 Å². The second-order valence-electron chi connectivity index (χ2n) is 27.2. The Morgan fingerprint density at radius 3 is 1.66 bits per heavy atom. The Balaban J connectivity index is 0.0000500. The van der Waals surface area contributed by atoms with Crippen LogP contribution < -0.4 is 29.6 Å². The Morgan fingerprint density at radius 1 is 0.570 bits per heavy atom. The summed E-state index contributed by atoms with van der Waals surface area (Å²) in [5.41, 5.74) is 0.435. The zero-order valence-electron chi connectivity index (χ0n) is 58.8. The van der Waals surface area contributed by atoms with Crippen LogP contribution in [0.5, 0.6) is 0 Å². The zero-order chi connectivity index (χ0) is 74.5. The average molecular weight is 1460 g/mol. The van der Waals surface area contributed by atoms with Gasteiger partial charge in [0.05, 0.1) is 92.1 Å². The summed E-state index contributed by atoms with van der Waals surface area (Å²) in [6.07, 6.45) is -9.58. The molecular weight excluding hydrogens is 1340 g/mol. The molecule has 0 radical (unpaired) electrons. The number of ether oxygens (including phenoxy) is 2. The van der Waals surface area contributed by atoms with Gasteiger partial charge in [0.25, 0.3) is 0 Å². The molecule has 2 aliphatic rings. The van der Waals surface area contributed by atoms with Crippen LogP contribution in [-0.4, -0.2) is 274 Å². The monoisotopic (exact) mass is 1460 g/mol. The molecule has 27 nitrogen and oxygen atoms in total. The third-order valence-electron chi connectivity index (χ3n) is 18.3. The summed E-state index contributed by atoms with van der Waals surface area (Å²) < 4.78 is 48.1. The van der Waals surface area contributed by atoms with Crippen LogP contribution in [0, 0.1) is 11.8 Å². The van der Waals surface area contributed by atoms with Crippen molar-refractivity contribution in [3.63, 3.8) is 0 Å². The van der Waals surface area contributed by atoms with Gasteiger partial charge in [-0.15, -0.1) is 0 Å². The molecule has 2 fully saturated rings. The third-order valence-corrected chi connectivity index (χ3v) is 18.8. The van der Waals surface area contributed by atoms with Crippen molar-refractivity contribution in [3.8, 4) is 0 Å². The van der Waals surface area contributed by atoms with Crippen molar-refractivity contribution in [2.45, 2.75) is 321 Å². The molecule has 26 atom stereocenters. The van der Waals surface area contributed by atoms with Crippen molar-refractivity contribution in [1.82, 2.24) is 0 Å². The van der Waals surface area contributed by atoms with Gasteiger partial charge in [-0.3, -0.25) is 9.35 Å². The smallest absolute Gasteiger partial charge is 0.394 e. The van der Waals surface area contributed by atoms with Gasteiger partial charge in [0, 0.05) is 32.1 Å². The first kappa shape index (κ1) is 95.6. The SMILES string of the molecule is C=C/C=C/CC/C=C/C=C/C=C/CC/C=C/[C@H](O)[C@H](O)[C@@H]1O[C@@H]([C@H](O)[C@H](O)C(=C)CC[C@@H](O)C2C[C@@H](O)[C@@H](O)[C@H]([C@@H](O)[C@H](O)/C=C(\C)CCC(O)CC(O)C(O)C(C)CC(O)C(O)CC(C)CCC(O)CC(=O)CC(O)CCCC(CCCCC(O)CO)OS(=O)(=O)O)O2)C[C@@H](O)[C@H]1O.[Na+]. The second kappa shape index (κ2) is 51.7. The van der Waals surface area contributed by atoms with Crippen LogP contribution in [-0.2, 0) is 28.9 Å². The topological polar surface area (TPSA) is 504 Å². The van der Waals surface area contributed by atoms with E-state index < -0.39 is 175 Å². The fourth-order valence-corrected chi connectivity index (χ4v) is 12.6. The van der Waals surface area contributed by atoms with E-state index in [-0.39, 0.29) is 150 Å². The molecule has 0 spiro atoms. The number of aliphatic hydroxyl groups excluding tert-OH is 20. The molecule has 29 heteroatoms. The van der Waals surface area contributed by atoms with E-state index in [1.807, 2.05) is 48.6 Å². The van der Waals surface area contributed by atoms with E-state index in [9.17, 15) is 110 Å². The van der Waals surface area contributed by atoms with E-state index in [2.05, 4.69) is 13.2 Å². The zero-order valence-corrected chi connectivity index (χ0v) is 61.6. The van der Waals surface area contributed by atoms with Crippen molar-refractivity contribution in [2.75, 3.05) is 6.61 Å². The van der Waals surface area contributed by atoms with E-state index in [0.717, 1.165) is 12.8 Å². The van der Waals surface area contributed by atoms with E-state index >= 15 is 0 Å². The number of unbranched alkanes of at least 4 members (excludes halogenated alkanes) is 3. The number of ketones is 1. The summed E-state index contributed by atoms with van der Waals surface area (Å²) in [6.45, 7) is 11.9. The van der Waals surface area contributed by atoms with E-state index in [1.54, 1.807) is 32.9 Å². The standard InChI is InChI=1S/C71H122O27S.Na/c1-6-7-8-9-10-11-12-13-14-15-16-17-18-19-27-54(79)65(88)70-68(91)60(85)41-62(97-70)69(92)64(87)45(4)30-33-53(78)61-40-59(84)67(90)71(96-61)66(89)57(82)35-44(3)29-32-49(75)39-58(83)63(86)46(5)36-56(81)55(80)34-43(2)28-31-48(74)38-51(77)37-47(73)24-22-26-52(98-99(93,94)95)25-21-20-23-50(76)42-72;/h6-8,11-16,19,27,35,43,46-50,52-76,78-92H,1,4,9-10,17-18,20-26,28-34,36-42H2,2-3,5H3,(H,93,94,95);/q;+1/b8-7+,12-11+,14-13+,16-15+,27-19+,44-35+;/t43?,46?,47?,48?,49?,50?,52?,53-,54+,55?,56?,57-,58?,59-,60-,61?,62-,63?,64-,65+,66+,67-,68-,69+,70+,71+;/m1./s1. The molecule has 0 amide bonds. The fourth-order valence-electron chi connectivity index (χ4n) is 12.1. The molecule has 2 aliphatic heterocycles. The van der Waals surface area contributed by atoms with Gasteiger partial charge in [0.2, 0.25) is 0 Å². The van der Waals surface area contributed by atoms with Crippen molar-refractivity contribution in [3.05, 3.63) is 97.2 Å². The maximum absolute atomic E-state index is 12.6. The first-order chi connectivity index (χ1) is 46.6. The molecule has 0 aromatic heterocycles. The molecule has 0 aromatic carbocycles. The molecule has 21 N–H and O–H groups in total. The number of carbonyl (C=O) groups is 1. The number of Topliss-reactive ketones (excluding diaryl/α,β-unsaturated/α-hetero) is 1. The van der Waals surface area contributed by atoms with Crippen molar-refractivity contribution in [1.29, 1.82) is 0 Å². The van der Waals surface area contributed by atoms with Crippen LogP contribution in [0.2, 0.25) is 0 Å². The molecule has 0 saturated carbocycles. The summed E-state index contributed by atoms with van der Waals surface area (Å²) in [7, 11) is -4.75. The maximum atomic E-state index is 12.6. The number of allylic oxidation sites excluding steroid dienone is 11. The minimum Gasteiger partial charge on any atom is -0.394 e. The number of aliphatic hydroxyl groups is 20. The molecule has 2 saturated heterocycles. The summed E-state index contributed by atoms with van der Waals surface area (Å²) in [5, 5.41) is 214. The molecule has 100 heavy (non-hydrogen) atoms. The van der Waals surface area contributed by atoms with Crippen LogP contribution in [0.3, 0.4) is 0 Å². The maximum Gasteiger partial charge on any atom is 1.00 e. The molecule has 12 unspecified atom stereocenters. The van der Waals surface area contributed by atoms with Crippen LogP contribution in [0.4, 0.5) is 0 Å². The molecule has 2 heterocycles. The van der Waals surface area contributed by atoms with E-state index in [1.165, 1.54) is 12.2 Å². The van der Waals surface area contributed by atoms with Gasteiger partial charge < -0.3 is 112 Å². The number of rotatable bonds is 53. The van der Waals surface area contributed by atoms with Gasteiger partial charge in [0.1, 0.15) is 66.8 Å². The van der Waals surface area contributed by atoms with Gasteiger partial charge in [-0.1, -0.05) is 118 Å². The van der Waals surface area contributed by atoms with Gasteiger partial charge in [0.15, 0.2) is 0 Å². The average Bonchev–Trinajstić information content (AvgIpc) is 0.833.